The van der Waals surface area contributed by atoms with Gasteiger partial charge in [-0.25, -0.2) is 0 Å². The van der Waals surface area contributed by atoms with Crippen molar-refractivity contribution in [3.63, 3.8) is 0 Å². The highest BCUT2D eigenvalue weighted by atomic mass is 16.5. The number of nitrogens with zero attached hydrogens (tertiary/aromatic N) is 1. The van der Waals surface area contributed by atoms with Crippen LogP contribution in [0.3, 0.4) is 0 Å². The maximum Gasteiger partial charge on any atom is 0.223 e. The van der Waals surface area contributed by atoms with Gasteiger partial charge in [0.05, 0.1) is 12.2 Å². The molecule has 0 amide bonds. The minimum absolute atomic E-state index is 0.0612. The summed E-state index contributed by atoms with van der Waals surface area (Å²) in [7, 11) is 0. The summed E-state index contributed by atoms with van der Waals surface area (Å²) in [5, 5.41) is 3.53. The van der Waals surface area contributed by atoms with E-state index in [0.29, 0.717) is 12.4 Å². The number of benzene rings is 2. The molecule has 0 spiro atoms. The molecule has 0 aliphatic carbocycles. The van der Waals surface area contributed by atoms with E-state index in [1.807, 2.05) is 54.7 Å². The fourth-order valence-corrected chi connectivity index (χ4v) is 3.40. The minimum Gasteiger partial charge on any atom is -0.483 e. The maximum atomic E-state index is 12.5. The van der Waals surface area contributed by atoms with Gasteiger partial charge in [0.15, 0.2) is 5.75 Å². The molecule has 26 heavy (non-hydrogen) atoms. The van der Waals surface area contributed by atoms with Gasteiger partial charge in [-0.1, -0.05) is 60.7 Å². The van der Waals surface area contributed by atoms with Crippen LogP contribution in [0, 0.1) is 0 Å². The zero-order chi connectivity index (χ0) is 17.8. The van der Waals surface area contributed by atoms with Crippen molar-refractivity contribution in [1.82, 2.24) is 9.88 Å². The van der Waals surface area contributed by atoms with E-state index in [2.05, 4.69) is 22.0 Å². The molecule has 1 N–H and O–H groups in total. The highest BCUT2D eigenvalue weighted by Crippen LogP contribution is 2.22. The molecule has 2 heterocycles. The second-order valence-electron chi connectivity index (χ2n) is 6.59. The molecule has 4 rings (SSSR count). The van der Waals surface area contributed by atoms with Crippen molar-refractivity contribution in [2.45, 2.75) is 25.6 Å². The molecule has 4 heteroatoms. The number of fused-ring (bicyclic) bond motifs is 1. The Morgan fingerprint density at radius 3 is 2.42 bits per heavy atom. The Hall–Kier alpha value is -2.85. The monoisotopic (exact) mass is 346 g/mol. The van der Waals surface area contributed by atoms with E-state index >= 15 is 0 Å². The van der Waals surface area contributed by atoms with Gasteiger partial charge in [0.2, 0.25) is 5.43 Å². The average Bonchev–Trinajstić information content (AvgIpc) is 2.69. The topological polar surface area (TPSA) is 43.3 Å². The summed E-state index contributed by atoms with van der Waals surface area (Å²) in [4.78, 5) is 12.5. The normalized spacial score (nSPS) is 16.1. The molecular formula is C22H22N2O2. The first-order valence-electron chi connectivity index (χ1n) is 8.98. The van der Waals surface area contributed by atoms with Crippen molar-refractivity contribution < 1.29 is 4.74 Å². The lowest BCUT2D eigenvalue weighted by Gasteiger charge is -2.29. The number of rotatable bonds is 5. The van der Waals surface area contributed by atoms with Crippen molar-refractivity contribution in [2.75, 3.05) is 6.54 Å². The summed E-state index contributed by atoms with van der Waals surface area (Å²) in [6.45, 7) is 2.12. The SMILES string of the molecule is O=c1cc2n(cc1OCc1ccccc1)CCNC2Cc1ccccc1. The maximum absolute atomic E-state index is 12.5. The molecule has 0 radical (unpaired) electrons. The quantitative estimate of drug-likeness (QED) is 0.771. The van der Waals surface area contributed by atoms with Gasteiger partial charge in [-0.2, -0.15) is 0 Å². The molecule has 0 fully saturated rings. The van der Waals surface area contributed by atoms with Crippen LogP contribution in [-0.2, 0) is 19.6 Å². The van der Waals surface area contributed by atoms with Crippen LogP contribution in [0.5, 0.6) is 5.75 Å². The van der Waals surface area contributed by atoms with Crippen LogP contribution in [0.4, 0.5) is 0 Å². The zero-order valence-electron chi connectivity index (χ0n) is 14.6. The van der Waals surface area contributed by atoms with E-state index in [1.54, 1.807) is 6.07 Å². The van der Waals surface area contributed by atoms with Gasteiger partial charge in [0.1, 0.15) is 6.61 Å². The molecule has 3 aromatic rings. The second-order valence-corrected chi connectivity index (χ2v) is 6.59. The number of aromatic nitrogens is 1. The third kappa shape index (κ3) is 3.70. The van der Waals surface area contributed by atoms with E-state index in [4.69, 9.17) is 4.74 Å². The van der Waals surface area contributed by atoms with E-state index in [0.717, 1.165) is 30.8 Å². The minimum atomic E-state index is -0.0612. The zero-order valence-corrected chi connectivity index (χ0v) is 14.6. The van der Waals surface area contributed by atoms with E-state index in [-0.39, 0.29) is 11.5 Å². The van der Waals surface area contributed by atoms with Crippen LogP contribution in [0.15, 0.2) is 77.7 Å². The smallest absolute Gasteiger partial charge is 0.223 e. The first kappa shape index (κ1) is 16.6. The summed E-state index contributed by atoms with van der Waals surface area (Å²) in [6, 6.07) is 22.1. The number of nitrogens with one attached hydrogen (secondary N) is 1. The lowest BCUT2D eigenvalue weighted by atomic mass is 10.0. The molecule has 1 aromatic heterocycles. The van der Waals surface area contributed by atoms with Crippen LogP contribution in [0.25, 0.3) is 0 Å². The lowest BCUT2D eigenvalue weighted by molar-refractivity contribution is 0.296. The van der Waals surface area contributed by atoms with Gasteiger partial charge >= 0.3 is 0 Å². The molecule has 4 nitrogen and oxygen atoms in total. The van der Waals surface area contributed by atoms with E-state index in [1.165, 1.54) is 5.56 Å². The fraction of sp³-hybridized carbons (Fsp3) is 0.227. The first-order valence-corrected chi connectivity index (χ1v) is 8.98. The fourth-order valence-electron chi connectivity index (χ4n) is 3.40. The Morgan fingerprint density at radius 1 is 1.00 bits per heavy atom. The molecule has 1 aliphatic rings. The summed E-state index contributed by atoms with van der Waals surface area (Å²) in [5.74, 6) is 0.415. The molecular weight excluding hydrogens is 324 g/mol. The molecule has 2 aromatic carbocycles. The number of hydrogen-bond donors (Lipinski definition) is 1. The summed E-state index contributed by atoms with van der Waals surface area (Å²) < 4.78 is 7.93. The molecule has 1 aliphatic heterocycles. The second kappa shape index (κ2) is 7.58. The Morgan fingerprint density at radius 2 is 1.69 bits per heavy atom. The number of ether oxygens (including phenoxy) is 1. The Kier molecular flexibility index (Phi) is 4.84. The molecule has 132 valence electrons. The molecule has 1 atom stereocenters. The van der Waals surface area contributed by atoms with Crippen LogP contribution in [-0.4, -0.2) is 11.1 Å². The highest BCUT2D eigenvalue weighted by molar-refractivity contribution is 5.27. The van der Waals surface area contributed by atoms with E-state index in [9.17, 15) is 4.79 Å². The van der Waals surface area contributed by atoms with Crippen molar-refractivity contribution >= 4 is 0 Å². The largest absolute Gasteiger partial charge is 0.483 e. The number of hydrogen-bond acceptors (Lipinski definition) is 3. The molecule has 0 bridgehead atoms. The Balaban J connectivity index is 1.55. The van der Waals surface area contributed by atoms with Gasteiger partial charge in [-0.15, -0.1) is 0 Å². The van der Waals surface area contributed by atoms with Crippen LogP contribution >= 0.6 is 0 Å². The highest BCUT2D eigenvalue weighted by Gasteiger charge is 2.21. The standard InChI is InChI=1S/C22H22N2O2/c25-21-14-20-19(13-17-7-3-1-4-8-17)23-11-12-24(20)15-22(21)26-16-18-9-5-2-6-10-18/h1-10,14-15,19,23H,11-13,16H2. The van der Waals surface area contributed by atoms with Gasteiger partial charge in [0.25, 0.3) is 0 Å². The van der Waals surface area contributed by atoms with Crippen LogP contribution < -0.4 is 15.5 Å². The van der Waals surface area contributed by atoms with Gasteiger partial charge < -0.3 is 14.6 Å². The Bertz CT molecular complexity index is 920. The summed E-state index contributed by atoms with van der Waals surface area (Å²) >= 11 is 0. The third-order valence-corrected chi connectivity index (χ3v) is 4.75. The van der Waals surface area contributed by atoms with Crippen molar-refractivity contribution in [1.29, 1.82) is 0 Å². The Labute approximate surface area is 153 Å². The van der Waals surface area contributed by atoms with E-state index < -0.39 is 0 Å². The summed E-state index contributed by atoms with van der Waals surface area (Å²) in [6.07, 6.45) is 2.73. The van der Waals surface area contributed by atoms with Gasteiger partial charge in [-0.05, 0) is 17.5 Å². The van der Waals surface area contributed by atoms with Crippen molar-refractivity contribution in [2.24, 2.45) is 0 Å². The van der Waals surface area contributed by atoms with Gasteiger partial charge in [0, 0.05) is 24.8 Å². The third-order valence-electron chi connectivity index (χ3n) is 4.75. The molecule has 0 saturated carbocycles. The first-order chi connectivity index (χ1) is 12.8. The van der Waals surface area contributed by atoms with Crippen LogP contribution in [0.2, 0.25) is 0 Å². The predicted molar refractivity (Wildman–Crippen MR) is 102 cm³/mol. The predicted octanol–water partition coefficient (Wildman–Crippen LogP) is 3.31. The molecule has 0 saturated heterocycles. The van der Waals surface area contributed by atoms with Crippen molar-refractivity contribution in [3.05, 3.63) is 100.0 Å². The van der Waals surface area contributed by atoms with Crippen LogP contribution in [0.1, 0.15) is 22.9 Å². The van der Waals surface area contributed by atoms with Crippen molar-refractivity contribution in [3.8, 4) is 5.75 Å². The molecule has 1 unspecified atom stereocenters. The summed E-state index contributed by atoms with van der Waals surface area (Å²) in [5.41, 5.74) is 3.28. The number of pyridine rings is 1. The average molecular weight is 346 g/mol. The van der Waals surface area contributed by atoms with Gasteiger partial charge in [-0.3, -0.25) is 4.79 Å². The lowest BCUT2D eigenvalue weighted by Crippen LogP contribution is -2.36.